The Labute approximate surface area is 374 Å². The van der Waals surface area contributed by atoms with E-state index in [4.69, 9.17) is 13.9 Å². The molecule has 0 saturated heterocycles. The lowest BCUT2D eigenvalue weighted by Crippen LogP contribution is -2.35. The van der Waals surface area contributed by atoms with Gasteiger partial charge in [0.15, 0.2) is 5.43 Å². The lowest BCUT2D eigenvalue weighted by atomic mass is 9.88. The Hall–Kier alpha value is -8.61. The number of carbonyl (C=O) groups excluding carboxylic acids is 1. The number of hydrogen-bond donors (Lipinski definition) is 7. The van der Waals surface area contributed by atoms with Crippen LogP contribution in [0, 0.1) is 0 Å². The highest BCUT2D eigenvalue weighted by Gasteiger charge is 2.26. The van der Waals surface area contributed by atoms with Crippen LogP contribution in [-0.4, -0.2) is 106 Å². The van der Waals surface area contributed by atoms with Crippen LogP contribution < -0.4 is 30.0 Å². The Morgan fingerprint density at radius 3 is 1.82 bits per heavy atom. The highest BCUT2D eigenvalue weighted by Crippen LogP contribution is 2.44. The van der Waals surface area contributed by atoms with E-state index < -0.39 is 61.9 Å². The number of carboxylic acid groups (broad SMARTS) is 5. The van der Waals surface area contributed by atoms with Crippen molar-refractivity contribution in [3.8, 4) is 39.7 Å². The van der Waals surface area contributed by atoms with E-state index in [0.717, 1.165) is 9.80 Å². The zero-order chi connectivity index (χ0) is 47.8. The number of ether oxygens (including phenoxy) is 2. The molecule has 19 nitrogen and oxygen atoms in total. The number of benzene rings is 5. The predicted octanol–water partition coefficient (Wildman–Crippen LogP) is 5.75. The molecule has 19 heteroatoms. The summed E-state index contributed by atoms with van der Waals surface area (Å²) < 4.78 is 17.9. The van der Waals surface area contributed by atoms with Gasteiger partial charge in [0, 0.05) is 51.5 Å². The third kappa shape index (κ3) is 10.8. The molecule has 4 aromatic rings. The first-order valence-corrected chi connectivity index (χ1v) is 20.3. The summed E-state index contributed by atoms with van der Waals surface area (Å²) in [4.78, 5) is 88.6. The summed E-state index contributed by atoms with van der Waals surface area (Å²) in [6, 6.07) is 20.0. The maximum Gasteiger partial charge on any atom is 0.336 e. The first-order valence-electron chi connectivity index (χ1n) is 20.3. The Bertz CT molecular complexity index is 2880. The zero-order valence-corrected chi connectivity index (χ0v) is 35.4. The summed E-state index contributed by atoms with van der Waals surface area (Å²) in [7, 11) is 0. The number of carbonyl (C=O) groups is 6. The van der Waals surface area contributed by atoms with E-state index in [0.29, 0.717) is 40.5 Å². The fourth-order valence-corrected chi connectivity index (χ4v) is 7.39. The second kappa shape index (κ2) is 20.3. The molecule has 6 rings (SSSR count). The van der Waals surface area contributed by atoms with Crippen LogP contribution in [0.2, 0.25) is 0 Å². The van der Waals surface area contributed by atoms with Gasteiger partial charge in [-0.15, -0.1) is 0 Å². The highest BCUT2D eigenvalue weighted by atomic mass is 16.5. The van der Waals surface area contributed by atoms with Crippen molar-refractivity contribution < 1.29 is 73.3 Å². The number of aromatic hydroxyl groups is 1. The molecule has 66 heavy (non-hydrogen) atoms. The second-order valence-corrected chi connectivity index (χ2v) is 14.8. The molecule has 7 N–H and O–H groups in total. The molecule has 0 saturated carbocycles. The Balaban J connectivity index is 1.37. The minimum absolute atomic E-state index is 0.0128. The minimum atomic E-state index is -1.36. The van der Waals surface area contributed by atoms with Crippen LogP contribution in [0.1, 0.15) is 45.7 Å². The van der Waals surface area contributed by atoms with Gasteiger partial charge in [0.1, 0.15) is 68.0 Å². The molecule has 0 fully saturated rings. The molecule has 0 radical (unpaired) electrons. The first-order chi connectivity index (χ1) is 31.5. The second-order valence-electron chi connectivity index (χ2n) is 14.8. The van der Waals surface area contributed by atoms with Crippen LogP contribution in [0.3, 0.4) is 0 Å². The lowest BCUT2D eigenvalue weighted by Gasteiger charge is -2.25. The summed E-state index contributed by atoms with van der Waals surface area (Å²) in [6.07, 6.45) is 0.763. The Morgan fingerprint density at radius 1 is 0.636 bits per heavy atom. The summed E-state index contributed by atoms with van der Waals surface area (Å²) in [6.45, 7) is 0.288. The van der Waals surface area contributed by atoms with Gasteiger partial charge in [0.05, 0.1) is 16.9 Å². The maximum atomic E-state index is 14.1. The van der Waals surface area contributed by atoms with Crippen LogP contribution in [0.15, 0.2) is 94.1 Å². The molecule has 342 valence electrons. The zero-order valence-electron chi connectivity index (χ0n) is 35.4. The standard InChI is InChI=1S/C47H43N3O16/c1-3-25-15-31-38(19-35(25)51)66-39-20-36(52)26(4-2)16-32(39)45(31)30-17-27(9-11-29(30)47(62)63)46(61)48-28-10-12-34(50(23-43(57)58)24-44(59)60)40(18-28)65-14-13-64-37-8-6-5-7-33(37)49(21-41(53)54)22-42(55)56/h5-12,15-20,51H,3-4,13-14,21-24H2,1-2H3,(H,48,61)(H,53,54)(H,55,56)(H,57,58)(H,59,60)(H,62,63). The number of nitrogens with one attached hydrogen (secondary N) is 1. The normalized spacial score (nSPS) is 10.9. The SMILES string of the molecule is CCc1cc2c(-c3cc(C(=O)Nc4ccc(N(CC(=O)O)CC(=O)O)c(OCCOc5ccccc5N(CC(=O)O)CC(=O)O)c4)ccc3C(=O)O)c3cc(CC)c(=O)cc-3oc2cc1O. The van der Waals surface area contributed by atoms with Gasteiger partial charge in [-0.25, -0.2) is 4.79 Å². The Kier molecular flexibility index (Phi) is 14.4. The molecule has 1 aliphatic carbocycles. The number of anilines is 3. The quantitative estimate of drug-likeness (QED) is 0.0334. The van der Waals surface area contributed by atoms with E-state index in [2.05, 4.69) is 5.32 Å². The summed E-state index contributed by atoms with van der Waals surface area (Å²) in [5, 5.41) is 62.3. The number of phenols is 1. The van der Waals surface area contributed by atoms with E-state index in [1.165, 1.54) is 60.7 Å². The lowest BCUT2D eigenvalue weighted by molar-refractivity contribution is -0.138. The van der Waals surface area contributed by atoms with E-state index >= 15 is 0 Å². The number of phenolic OH excluding ortho intramolecular Hbond substituents is 1. The molecule has 0 unspecified atom stereocenters. The third-order valence-electron chi connectivity index (χ3n) is 10.3. The third-order valence-corrected chi connectivity index (χ3v) is 10.3. The van der Waals surface area contributed by atoms with Crippen LogP contribution in [-0.2, 0) is 32.0 Å². The molecule has 0 atom stereocenters. The maximum absolute atomic E-state index is 14.1. The van der Waals surface area contributed by atoms with E-state index in [9.17, 15) is 64.2 Å². The summed E-state index contributed by atoms with van der Waals surface area (Å²) in [5.74, 6) is -7.26. The molecule has 1 aliphatic heterocycles. The fraction of sp³-hybridized carbons (Fsp3) is 0.213. The van der Waals surface area contributed by atoms with Crippen molar-refractivity contribution >= 4 is 63.8 Å². The van der Waals surface area contributed by atoms with Crippen molar-refractivity contribution in [3.63, 3.8) is 0 Å². The average Bonchev–Trinajstić information content (AvgIpc) is 3.25. The number of aromatic carboxylic acids is 1. The van der Waals surface area contributed by atoms with Crippen molar-refractivity contribution in [3.05, 3.63) is 117 Å². The number of para-hydroxylation sites is 2. The van der Waals surface area contributed by atoms with Gasteiger partial charge in [-0.1, -0.05) is 26.0 Å². The highest BCUT2D eigenvalue weighted by molar-refractivity contribution is 6.11. The van der Waals surface area contributed by atoms with Gasteiger partial charge in [0.25, 0.3) is 5.91 Å². The first kappa shape index (κ1) is 46.9. The summed E-state index contributed by atoms with van der Waals surface area (Å²) >= 11 is 0. The monoisotopic (exact) mass is 905 g/mol. The minimum Gasteiger partial charge on any atom is -0.508 e. The van der Waals surface area contributed by atoms with Crippen LogP contribution in [0.4, 0.5) is 17.1 Å². The molecule has 1 amide bonds. The van der Waals surface area contributed by atoms with Gasteiger partial charge in [0.2, 0.25) is 0 Å². The van der Waals surface area contributed by atoms with E-state index in [1.807, 2.05) is 6.92 Å². The number of fused-ring (bicyclic) bond motifs is 2. The number of rotatable bonds is 21. The average molecular weight is 906 g/mol. The molecule has 0 bridgehead atoms. The number of aryl methyl sites for hydroxylation is 2. The van der Waals surface area contributed by atoms with Crippen molar-refractivity contribution in [2.75, 3.05) is 54.5 Å². The van der Waals surface area contributed by atoms with Crippen molar-refractivity contribution in [1.29, 1.82) is 0 Å². The molecule has 0 spiro atoms. The van der Waals surface area contributed by atoms with E-state index in [-0.39, 0.29) is 81.0 Å². The number of amides is 1. The smallest absolute Gasteiger partial charge is 0.336 e. The van der Waals surface area contributed by atoms with Crippen LogP contribution in [0.25, 0.3) is 33.4 Å². The predicted molar refractivity (Wildman–Crippen MR) is 239 cm³/mol. The number of aliphatic carboxylic acids is 4. The van der Waals surface area contributed by atoms with Crippen molar-refractivity contribution in [2.24, 2.45) is 0 Å². The van der Waals surface area contributed by atoms with Crippen LogP contribution in [0.5, 0.6) is 17.2 Å². The molecule has 0 aromatic heterocycles. The van der Waals surface area contributed by atoms with Crippen molar-refractivity contribution in [2.45, 2.75) is 26.7 Å². The van der Waals surface area contributed by atoms with Gasteiger partial charge >= 0.3 is 29.8 Å². The van der Waals surface area contributed by atoms with E-state index in [1.54, 1.807) is 31.2 Å². The number of nitrogens with zero attached hydrogens (tertiary/aromatic N) is 2. The topological polar surface area (TPSA) is 291 Å². The van der Waals surface area contributed by atoms with Gasteiger partial charge in [-0.2, -0.15) is 0 Å². The molecular weight excluding hydrogens is 863 g/mol. The molecule has 1 heterocycles. The van der Waals surface area contributed by atoms with Crippen molar-refractivity contribution in [1.82, 2.24) is 0 Å². The molecule has 2 aliphatic rings. The van der Waals surface area contributed by atoms with Crippen LogP contribution >= 0.6 is 0 Å². The fourth-order valence-electron chi connectivity index (χ4n) is 7.39. The number of hydrogen-bond acceptors (Lipinski definition) is 13. The van der Waals surface area contributed by atoms with Gasteiger partial charge in [-0.3, -0.25) is 28.8 Å². The van der Waals surface area contributed by atoms with Gasteiger partial charge < -0.3 is 59.6 Å². The van der Waals surface area contributed by atoms with Gasteiger partial charge in [-0.05, 0) is 78.6 Å². The largest absolute Gasteiger partial charge is 0.508 e. The Morgan fingerprint density at radius 2 is 1.23 bits per heavy atom. The summed E-state index contributed by atoms with van der Waals surface area (Å²) in [5.41, 5.74) is 1.70. The number of carboxylic acids is 5. The molecule has 4 aromatic carbocycles. The molecular formula is C47H43N3O16.